The Morgan fingerprint density at radius 2 is 0.900 bits per heavy atom. The first-order chi connectivity index (χ1) is 14.3. The lowest BCUT2D eigenvalue weighted by Crippen LogP contribution is -2.11. The predicted octanol–water partition coefficient (Wildman–Crippen LogP) is 5.08. The summed E-state index contributed by atoms with van der Waals surface area (Å²) in [5.74, 6) is 0. The van der Waals surface area contributed by atoms with Crippen LogP contribution in [0.25, 0.3) is 11.1 Å². The number of hydrogen-bond donors (Lipinski definition) is 2. The summed E-state index contributed by atoms with van der Waals surface area (Å²) in [5.41, 5.74) is 2.68. The van der Waals surface area contributed by atoms with Crippen molar-refractivity contribution in [2.24, 2.45) is 0 Å². The smallest absolute Gasteiger partial charge is 0.271 e. The third kappa shape index (κ3) is 4.57. The van der Waals surface area contributed by atoms with Crippen LogP contribution in [0.5, 0.6) is 0 Å². The van der Waals surface area contributed by atoms with Gasteiger partial charge < -0.3 is 0 Å². The molecule has 2 aromatic carbocycles. The zero-order chi connectivity index (χ0) is 21.2. The zero-order valence-electron chi connectivity index (χ0n) is 15.3. The van der Waals surface area contributed by atoms with Gasteiger partial charge in [-0.15, -0.1) is 22.7 Å². The van der Waals surface area contributed by atoms with E-state index in [-0.39, 0.29) is 8.42 Å². The van der Waals surface area contributed by atoms with Crippen LogP contribution >= 0.6 is 22.7 Å². The van der Waals surface area contributed by atoms with Crippen molar-refractivity contribution >= 4 is 54.1 Å². The van der Waals surface area contributed by atoms with E-state index in [0.29, 0.717) is 11.4 Å². The molecule has 0 atom stereocenters. The number of anilines is 2. The summed E-state index contributed by atoms with van der Waals surface area (Å²) in [4.78, 5) is 0. The predicted molar refractivity (Wildman–Crippen MR) is 122 cm³/mol. The summed E-state index contributed by atoms with van der Waals surface area (Å²) in [6.07, 6.45) is 0. The van der Waals surface area contributed by atoms with Crippen molar-refractivity contribution < 1.29 is 16.8 Å². The Hall–Kier alpha value is -2.66. The highest BCUT2D eigenvalue weighted by molar-refractivity contribution is 7.95. The van der Waals surface area contributed by atoms with Crippen LogP contribution in [0, 0.1) is 0 Å². The van der Waals surface area contributed by atoms with Gasteiger partial charge in [0.1, 0.15) is 8.42 Å². The second-order valence-electron chi connectivity index (χ2n) is 6.23. The topological polar surface area (TPSA) is 92.3 Å². The van der Waals surface area contributed by atoms with E-state index in [1.807, 2.05) is 0 Å². The first-order valence-electron chi connectivity index (χ1n) is 8.67. The molecule has 0 saturated carbocycles. The standard InChI is InChI=1S/C20H16N2O4S4/c23-29(24,19-3-1-13-27-19)21-17-9-5-15(6-10-17)16-7-11-18(12-8-16)22-30(25,26)20-4-2-14-28-20/h1-14,21-22H. The van der Waals surface area contributed by atoms with Gasteiger partial charge in [0.15, 0.2) is 0 Å². The van der Waals surface area contributed by atoms with E-state index in [4.69, 9.17) is 0 Å². The minimum atomic E-state index is -3.58. The molecule has 0 unspecified atom stereocenters. The summed E-state index contributed by atoms with van der Waals surface area (Å²) in [7, 11) is -7.17. The minimum Gasteiger partial charge on any atom is -0.279 e. The maximum absolute atomic E-state index is 12.3. The third-order valence-electron chi connectivity index (χ3n) is 4.13. The van der Waals surface area contributed by atoms with Crippen LogP contribution < -0.4 is 9.44 Å². The number of rotatable bonds is 7. The number of sulfonamides is 2. The van der Waals surface area contributed by atoms with Gasteiger partial charge in [0.25, 0.3) is 20.0 Å². The van der Waals surface area contributed by atoms with Crippen molar-refractivity contribution in [3.8, 4) is 11.1 Å². The van der Waals surface area contributed by atoms with Crippen molar-refractivity contribution in [2.45, 2.75) is 8.42 Å². The van der Waals surface area contributed by atoms with E-state index in [1.165, 1.54) is 0 Å². The van der Waals surface area contributed by atoms with Crippen LogP contribution in [0.1, 0.15) is 0 Å². The summed E-state index contributed by atoms with van der Waals surface area (Å²) >= 11 is 2.31. The van der Waals surface area contributed by atoms with Crippen molar-refractivity contribution in [3.63, 3.8) is 0 Å². The molecule has 10 heteroatoms. The molecule has 2 N–H and O–H groups in total. The largest absolute Gasteiger partial charge is 0.279 e. The highest BCUT2D eigenvalue weighted by atomic mass is 32.3. The van der Waals surface area contributed by atoms with E-state index in [9.17, 15) is 16.8 Å². The molecular formula is C20H16N2O4S4. The van der Waals surface area contributed by atoms with Gasteiger partial charge >= 0.3 is 0 Å². The number of thiophene rings is 2. The highest BCUT2D eigenvalue weighted by Crippen LogP contribution is 2.26. The molecule has 4 aromatic rings. The quantitative estimate of drug-likeness (QED) is 0.389. The van der Waals surface area contributed by atoms with Gasteiger partial charge in [-0.1, -0.05) is 36.4 Å². The summed E-state index contributed by atoms with van der Waals surface area (Å²) < 4.78 is 54.8. The molecule has 0 aliphatic carbocycles. The van der Waals surface area contributed by atoms with Gasteiger partial charge in [-0.3, -0.25) is 9.44 Å². The Labute approximate surface area is 183 Å². The van der Waals surface area contributed by atoms with Crippen molar-refractivity contribution in [1.29, 1.82) is 0 Å². The van der Waals surface area contributed by atoms with Crippen LogP contribution in [0.15, 0.2) is 92.0 Å². The second-order valence-corrected chi connectivity index (χ2v) is 11.9. The van der Waals surface area contributed by atoms with Gasteiger partial charge in [-0.25, -0.2) is 16.8 Å². The maximum Gasteiger partial charge on any atom is 0.271 e. The van der Waals surface area contributed by atoms with Crippen LogP contribution in [-0.4, -0.2) is 16.8 Å². The van der Waals surface area contributed by atoms with Crippen molar-refractivity contribution in [1.82, 2.24) is 0 Å². The highest BCUT2D eigenvalue weighted by Gasteiger charge is 2.16. The average molecular weight is 477 g/mol. The Balaban J connectivity index is 1.47. The van der Waals surface area contributed by atoms with Crippen LogP contribution in [0.3, 0.4) is 0 Å². The zero-order valence-corrected chi connectivity index (χ0v) is 18.6. The average Bonchev–Trinajstić information content (AvgIpc) is 3.43. The molecule has 0 fully saturated rings. The molecule has 2 aromatic heterocycles. The van der Waals surface area contributed by atoms with Crippen molar-refractivity contribution in [2.75, 3.05) is 9.44 Å². The van der Waals surface area contributed by atoms with Gasteiger partial charge in [-0.2, -0.15) is 0 Å². The van der Waals surface area contributed by atoms with Crippen LogP contribution in [-0.2, 0) is 20.0 Å². The lowest BCUT2D eigenvalue weighted by Gasteiger charge is -2.09. The molecule has 6 nitrogen and oxygen atoms in total. The summed E-state index contributed by atoms with van der Waals surface area (Å²) in [6.45, 7) is 0. The SMILES string of the molecule is O=S(=O)(Nc1ccc(-c2ccc(NS(=O)(=O)c3cccs3)cc2)cc1)c1cccs1. The Bertz CT molecular complexity index is 1220. The minimum absolute atomic E-state index is 0.257. The van der Waals surface area contributed by atoms with Gasteiger partial charge in [0, 0.05) is 11.4 Å². The Morgan fingerprint density at radius 3 is 1.20 bits per heavy atom. The van der Waals surface area contributed by atoms with E-state index < -0.39 is 20.0 Å². The number of benzene rings is 2. The Kier molecular flexibility index (Phi) is 5.65. The molecule has 0 radical (unpaired) electrons. The molecule has 0 saturated heterocycles. The van der Waals surface area contributed by atoms with Gasteiger partial charge in [0.05, 0.1) is 0 Å². The molecule has 30 heavy (non-hydrogen) atoms. The molecular weight excluding hydrogens is 460 g/mol. The molecule has 0 spiro atoms. The molecule has 154 valence electrons. The van der Waals surface area contributed by atoms with E-state index in [2.05, 4.69) is 9.44 Å². The molecule has 0 amide bonds. The Morgan fingerprint density at radius 1 is 0.533 bits per heavy atom. The monoisotopic (exact) mass is 476 g/mol. The lowest BCUT2D eigenvalue weighted by atomic mass is 10.1. The normalized spacial score (nSPS) is 11.9. The fourth-order valence-corrected chi connectivity index (χ4v) is 6.81. The fourth-order valence-electron chi connectivity index (χ4n) is 2.71. The third-order valence-corrected chi connectivity index (χ3v) is 9.68. The molecule has 0 aliphatic heterocycles. The number of hydrogen-bond acceptors (Lipinski definition) is 6. The van der Waals surface area contributed by atoms with Crippen LogP contribution in [0.2, 0.25) is 0 Å². The van der Waals surface area contributed by atoms with Crippen molar-refractivity contribution in [3.05, 3.63) is 83.6 Å². The summed E-state index contributed by atoms with van der Waals surface area (Å²) in [5, 5.41) is 3.42. The maximum atomic E-state index is 12.3. The first kappa shape index (κ1) is 20.6. The van der Waals surface area contributed by atoms with Gasteiger partial charge in [-0.05, 0) is 58.3 Å². The summed E-state index contributed by atoms with van der Waals surface area (Å²) in [6, 6.07) is 20.4. The second kappa shape index (κ2) is 8.23. The van der Waals surface area contributed by atoms with Crippen LogP contribution in [0.4, 0.5) is 11.4 Å². The van der Waals surface area contributed by atoms with E-state index in [1.54, 1.807) is 83.6 Å². The molecule has 2 heterocycles. The van der Waals surface area contributed by atoms with E-state index in [0.717, 1.165) is 33.8 Å². The molecule has 0 bridgehead atoms. The van der Waals surface area contributed by atoms with Gasteiger partial charge in [0.2, 0.25) is 0 Å². The molecule has 0 aliphatic rings. The molecule has 4 rings (SSSR count). The number of nitrogens with one attached hydrogen (secondary N) is 2. The lowest BCUT2D eigenvalue weighted by molar-refractivity contribution is 0.601. The fraction of sp³-hybridized carbons (Fsp3) is 0. The van der Waals surface area contributed by atoms with E-state index >= 15 is 0 Å². The first-order valence-corrected chi connectivity index (χ1v) is 13.4.